The molecule has 1 amide bonds. The first-order valence-corrected chi connectivity index (χ1v) is 6.61. The molecule has 0 spiro atoms. The van der Waals surface area contributed by atoms with Crippen LogP contribution in [0.25, 0.3) is 0 Å². The number of amides is 1. The van der Waals surface area contributed by atoms with Crippen molar-refractivity contribution in [2.24, 2.45) is 11.7 Å². The Balaban J connectivity index is 2.59. The van der Waals surface area contributed by atoms with Crippen molar-refractivity contribution >= 4 is 23.1 Å². The van der Waals surface area contributed by atoms with Crippen LogP contribution in [0.4, 0.5) is 8.78 Å². The van der Waals surface area contributed by atoms with Gasteiger partial charge in [-0.05, 0) is 26.2 Å². The van der Waals surface area contributed by atoms with Crippen molar-refractivity contribution in [3.8, 4) is 0 Å². The molecule has 0 bridgehead atoms. The second-order valence-corrected chi connectivity index (χ2v) is 5.61. The van der Waals surface area contributed by atoms with Crippen molar-refractivity contribution in [1.29, 1.82) is 0 Å². The Morgan fingerprint density at radius 3 is 2.39 bits per heavy atom. The summed E-state index contributed by atoms with van der Waals surface area (Å²) < 4.78 is 26.0. The van der Waals surface area contributed by atoms with Crippen LogP contribution in [0.2, 0.25) is 0 Å². The molecule has 0 aromatic carbocycles. The Morgan fingerprint density at radius 2 is 2.00 bits per heavy atom. The molecule has 1 rings (SSSR count). The standard InChI is InChI=1S/C12H20F2N2OS/c1-3-11(2,10(15)18)16-9(17)8-4-6-12(13,14)7-5-8/h8H,3-7H2,1-2H3,(H2,15,18)(H,16,17). The lowest BCUT2D eigenvalue weighted by Crippen LogP contribution is -2.55. The molecule has 1 fully saturated rings. The lowest BCUT2D eigenvalue weighted by molar-refractivity contribution is -0.130. The van der Waals surface area contributed by atoms with Crippen LogP contribution in [0.15, 0.2) is 0 Å². The van der Waals surface area contributed by atoms with Crippen LogP contribution < -0.4 is 11.1 Å². The highest BCUT2D eigenvalue weighted by Crippen LogP contribution is 2.36. The third-order valence-electron chi connectivity index (χ3n) is 3.74. The van der Waals surface area contributed by atoms with E-state index in [1.54, 1.807) is 6.92 Å². The molecular weight excluding hydrogens is 258 g/mol. The molecule has 3 nitrogen and oxygen atoms in total. The fourth-order valence-corrected chi connectivity index (χ4v) is 2.20. The van der Waals surface area contributed by atoms with Gasteiger partial charge in [-0.15, -0.1) is 0 Å². The van der Waals surface area contributed by atoms with Crippen molar-refractivity contribution in [2.75, 3.05) is 0 Å². The van der Waals surface area contributed by atoms with E-state index in [0.717, 1.165) is 0 Å². The fourth-order valence-electron chi connectivity index (χ4n) is 2.00. The van der Waals surface area contributed by atoms with Crippen molar-refractivity contribution in [2.45, 2.75) is 57.4 Å². The van der Waals surface area contributed by atoms with E-state index >= 15 is 0 Å². The first kappa shape index (κ1) is 15.3. The highest BCUT2D eigenvalue weighted by Gasteiger charge is 2.39. The number of alkyl halides is 2. The molecule has 0 radical (unpaired) electrons. The second-order valence-electron chi connectivity index (χ2n) is 5.17. The smallest absolute Gasteiger partial charge is 0.248 e. The zero-order chi connectivity index (χ0) is 14.0. The van der Waals surface area contributed by atoms with Gasteiger partial charge in [-0.25, -0.2) is 8.78 Å². The molecule has 6 heteroatoms. The van der Waals surface area contributed by atoms with Gasteiger partial charge >= 0.3 is 0 Å². The minimum absolute atomic E-state index is 0.218. The van der Waals surface area contributed by atoms with E-state index in [4.69, 9.17) is 18.0 Å². The van der Waals surface area contributed by atoms with Crippen LogP contribution in [-0.4, -0.2) is 22.4 Å². The number of nitrogens with one attached hydrogen (secondary N) is 1. The number of nitrogens with two attached hydrogens (primary N) is 1. The zero-order valence-electron chi connectivity index (χ0n) is 10.8. The first-order valence-electron chi connectivity index (χ1n) is 6.20. The molecule has 0 saturated heterocycles. The van der Waals surface area contributed by atoms with Gasteiger partial charge in [-0.1, -0.05) is 19.1 Å². The quantitative estimate of drug-likeness (QED) is 0.776. The average molecular weight is 278 g/mol. The minimum Gasteiger partial charge on any atom is -0.391 e. The van der Waals surface area contributed by atoms with Gasteiger partial charge in [0, 0.05) is 18.8 Å². The van der Waals surface area contributed by atoms with Gasteiger partial charge in [0.15, 0.2) is 0 Å². The maximum atomic E-state index is 13.0. The molecule has 0 aromatic heterocycles. The fraction of sp³-hybridized carbons (Fsp3) is 0.833. The highest BCUT2D eigenvalue weighted by molar-refractivity contribution is 7.80. The Morgan fingerprint density at radius 1 is 1.50 bits per heavy atom. The van der Waals surface area contributed by atoms with Crippen molar-refractivity contribution in [3.05, 3.63) is 0 Å². The number of halogens is 2. The Labute approximate surface area is 111 Å². The summed E-state index contributed by atoms with van der Waals surface area (Å²) >= 11 is 4.93. The van der Waals surface area contributed by atoms with Crippen molar-refractivity contribution < 1.29 is 13.6 Å². The van der Waals surface area contributed by atoms with Crippen LogP contribution in [-0.2, 0) is 4.79 Å². The molecule has 1 saturated carbocycles. The minimum atomic E-state index is -2.62. The third-order valence-corrected chi connectivity index (χ3v) is 4.19. The molecule has 104 valence electrons. The van der Waals surface area contributed by atoms with Gasteiger partial charge in [-0.3, -0.25) is 4.79 Å². The zero-order valence-corrected chi connectivity index (χ0v) is 11.6. The molecule has 1 unspecified atom stereocenters. The molecule has 0 heterocycles. The monoisotopic (exact) mass is 278 g/mol. The molecule has 0 aromatic rings. The topological polar surface area (TPSA) is 55.1 Å². The van der Waals surface area contributed by atoms with Gasteiger partial charge in [0.1, 0.15) is 0 Å². The van der Waals surface area contributed by atoms with Crippen LogP contribution in [0.1, 0.15) is 46.0 Å². The average Bonchev–Trinajstić information content (AvgIpc) is 2.28. The van der Waals surface area contributed by atoms with Gasteiger partial charge < -0.3 is 11.1 Å². The third kappa shape index (κ3) is 3.60. The van der Waals surface area contributed by atoms with E-state index in [9.17, 15) is 13.6 Å². The Bertz CT molecular complexity index is 339. The van der Waals surface area contributed by atoms with Crippen LogP contribution in [0.3, 0.4) is 0 Å². The first-order chi connectivity index (χ1) is 8.20. The predicted octanol–water partition coefficient (Wildman–Crippen LogP) is 2.38. The summed E-state index contributed by atoms with van der Waals surface area (Å²) in [5, 5.41) is 2.79. The maximum Gasteiger partial charge on any atom is 0.248 e. The summed E-state index contributed by atoms with van der Waals surface area (Å²) in [6.45, 7) is 3.62. The number of thiocarbonyl (C=S) groups is 1. The normalized spacial score (nSPS) is 23.1. The van der Waals surface area contributed by atoms with Crippen molar-refractivity contribution in [1.82, 2.24) is 5.32 Å². The molecule has 1 aliphatic carbocycles. The molecule has 1 aliphatic rings. The summed E-state index contributed by atoms with van der Waals surface area (Å²) in [7, 11) is 0. The molecule has 18 heavy (non-hydrogen) atoms. The SMILES string of the molecule is CCC(C)(NC(=O)C1CCC(F)(F)CC1)C(N)=S. The van der Waals surface area contributed by atoms with E-state index in [1.807, 2.05) is 6.92 Å². The molecule has 3 N–H and O–H groups in total. The molecule has 1 atom stereocenters. The van der Waals surface area contributed by atoms with Crippen molar-refractivity contribution in [3.63, 3.8) is 0 Å². The summed E-state index contributed by atoms with van der Waals surface area (Å²) in [6.07, 6.45) is 0.574. The highest BCUT2D eigenvalue weighted by atomic mass is 32.1. The van der Waals surface area contributed by atoms with Gasteiger partial charge in [0.25, 0.3) is 0 Å². The van der Waals surface area contributed by atoms with E-state index in [2.05, 4.69) is 5.32 Å². The van der Waals surface area contributed by atoms with Crippen LogP contribution in [0, 0.1) is 5.92 Å². The predicted molar refractivity (Wildman–Crippen MR) is 70.5 cm³/mol. The van der Waals surface area contributed by atoms with Crippen LogP contribution >= 0.6 is 12.2 Å². The molecule has 0 aliphatic heterocycles. The lowest BCUT2D eigenvalue weighted by atomic mass is 9.85. The lowest BCUT2D eigenvalue weighted by Gasteiger charge is -2.33. The van der Waals surface area contributed by atoms with Gasteiger partial charge in [0.05, 0.1) is 10.5 Å². The van der Waals surface area contributed by atoms with Gasteiger partial charge in [-0.2, -0.15) is 0 Å². The number of hydrogen-bond donors (Lipinski definition) is 2. The maximum absolute atomic E-state index is 13.0. The van der Waals surface area contributed by atoms with E-state index in [-0.39, 0.29) is 42.5 Å². The second kappa shape index (κ2) is 5.47. The molecular formula is C12H20F2N2OS. The largest absolute Gasteiger partial charge is 0.391 e. The Kier molecular flexibility index (Phi) is 4.64. The van der Waals surface area contributed by atoms with Gasteiger partial charge in [0.2, 0.25) is 11.8 Å². The van der Waals surface area contributed by atoms with E-state index in [1.165, 1.54) is 0 Å². The Hall–Kier alpha value is -0.780. The number of carbonyl (C=O) groups excluding carboxylic acids is 1. The van der Waals surface area contributed by atoms with Crippen LogP contribution in [0.5, 0.6) is 0 Å². The number of rotatable bonds is 4. The van der Waals surface area contributed by atoms with E-state index < -0.39 is 11.5 Å². The number of carbonyl (C=O) groups is 1. The summed E-state index contributed by atoms with van der Waals surface area (Å²) in [5.41, 5.74) is 4.87. The summed E-state index contributed by atoms with van der Waals surface area (Å²) in [6, 6.07) is 0. The summed E-state index contributed by atoms with van der Waals surface area (Å²) in [4.78, 5) is 12.2. The number of hydrogen-bond acceptors (Lipinski definition) is 2. The van der Waals surface area contributed by atoms with E-state index in [0.29, 0.717) is 6.42 Å². The summed E-state index contributed by atoms with van der Waals surface area (Å²) in [5.74, 6) is -3.19.